The molecule has 122 valence electrons. The molecule has 0 fully saturated rings. The lowest BCUT2D eigenvalue weighted by Gasteiger charge is -2.07. The molecule has 0 spiro atoms. The van der Waals surface area contributed by atoms with Gasteiger partial charge in [0.05, 0.1) is 11.8 Å². The minimum atomic E-state index is -0.584. The van der Waals surface area contributed by atoms with Crippen LogP contribution in [-0.2, 0) is 4.79 Å². The lowest BCUT2D eigenvalue weighted by Crippen LogP contribution is -2.32. The number of nitrogens with one attached hydrogen (secondary N) is 3. The van der Waals surface area contributed by atoms with Crippen molar-refractivity contribution < 1.29 is 14.0 Å². The highest BCUT2D eigenvalue weighted by Crippen LogP contribution is 2.10. The number of thioether (sulfide) groups is 1. The highest BCUT2D eigenvalue weighted by molar-refractivity contribution is 7.99. The van der Waals surface area contributed by atoms with Crippen LogP contribution in [0.5, 0.6) is 0 Å². The Bertz CT molecular complexity index is 650. The van der Waals surface area contributed by atoms with Gasteiger partial charge in [-0.2, -0.15) is 10.3 Å². The van der Waals surface area contributed by atoms with Crippen molar-refractivity contribution >= 4 is 23.6 Å². The molecule has 3 N–H and O–H groups in total. The molecular weight excluding hydrogens is 321 g/mol. The highest BCUT2D eigenvalue weighted by Gasteiger charge is 2.10. The molecule has 2 aromatic rings. The first-order valence-electron chi connectivity index (χ1n) is 6.95. The molecule has 0 unspecified atom stereocenters. The summed E-state index contributed by atoms with van der Waals surface area (Å²) < 4.78 is 13.4. The van der Waals surface area contributed by atoms with E-state index in [-0.39, 0.29) is 24.4 Å². The van der Waals surface area contributed by atoms with Crippen LogP contribution in [0.1, 0.15) is 16.8 Å². The van der Waals surface area contributed by atoms with E-state index in [0.29, 0.717) is 12.3 Å². The van der Waals surface area contributed by atoms with Crippen molar-refractivity contribution in [2.24, 2.45) is 0 Å². The summed E-state index contributed by atoms with van der Waals surface area (Å²) in [6, 6.07) is 5.70. The Morgan fingerprint density at radius 2 is 2.04 bits per heavy atom. The van der Waals surface area contributed by atoms with Crippen LogP contribution in [0.25, 0.3) is 0 Å². The fraction of sp³-hybridized carbons (Fsp3) is 0.286. The summed E-state index contributed by atoms with van der Waals surface area (Å²) in [5.41, 5.74) is -0.0306. The highest BCUT2D eigenvalue weighted by atomic mass is 32.2. The van der Waals surface area contributed by atoms with Gasteiger partial charge in [-0.1, -0.05) is 12.1 Å². The molecule has 0 radical (unpaired) electrons. The number of halogens is 1. The second-order valence-electron chi connectivity index (χ2n) is 4.49. The molecule has 9 heteroatoms. The predicted octanol–water partition coefficient (Wildman–Crippen LogP) is 0.972. The maximum absolute atomic E-state index is 13.4. The molecule has 2 rings (SSSR count). The fourth-order valence-electron chi connectivity index (χ4n) is 1.73. The molecule has 23 heavy (non-hydrogen) atoms. The minimum absolute atomic E-state index is 0.0306. The van der Waals surface area contributed by atoms with E-state index in [1.54, 1.807) is 12.3 Å². The fourth-order valence-corrected chi connectivity index (χ4v) is 2.37. The summed E-state index contributed by atoms with van der Waals surface area (Å²) >= 11 is 1.47. The van der Waals surface area contributed by atoms with Gasteiger partial charge in [-0.3, -0.25) is 9.59 Å². The van der Waals surface area contributed by atoms with Gasteiger partial charge in [0.2, 0.25) is 5.91 Å². The number of hydrogen-bond donors (Lipinski definition) is 3. The van der Waals surface area contributed by atoms with Crippen molar-refractivity contribution in [2.45, 2.75) is 11.4 Å². The quantitative estimate of drug-likeness (QED) is 0.492. The molecule has 0 atom stereocenters. The molecule has 1 aromatic carbocycles. The standard InChI is InChI=1S/C14H16FN5O2S/c15-11-4-2-1-3-10(11)14(22)17-6-5-12(21)16-7-8-23-13-9-18-20-19-13/h1-4,9H,5-8H2,(H,16,21)(H,17,22)(H,18,19,20). The summed E-state index contributed by atoms with van der Waals surface area (Å²) in [7, 11) is 0. The molecule has 7 nitrogen and oxygen atoms in total. The molecule has 0 saturated carbocycles. The molecule has 1 aromatic heterocycles. The van der Waals surface area contributed by atoms with Crippen LogP contribution in [-0.4, -0.2) is 46.1 Å². The summed E-state index contributed by atoms with van der Waals surface area (Å²) in [6.07, 6.45) is 1.74. The first-order chi connectivity index (χ1) is 11.2. The zero-order valence-corrected chi connectivity index (χ0v) is 13.0. The number of aromatic nitrogens is 3. The first-order valence-corrected chi connectivity index (χ1v) is 7.93. The molecular formula is C14H16FN5O2S. The maximum atomic E-state index is 13.4. The number of rotatable bonds is 8. The van der Waals surface area contributed by atoms with Crippen molar-refractivity contribution in [3.8, 4) is 0 Å². The first kappa shape index (κ1) is 16.9. The van der Waals surface area contributed by atoms with Crippen molar-refractivity contribution in [3.05, 3.63) is 41.8 Å². The molecule has 0 aliphatic carbocycles. The van der Waals surface area contributed by atoms with E-state index < -0.39 is 11.7 Å². The van der Waals surface area contributed by atoms with Crippen LogP contribution in [0.15, 0.2) is 35.5 Å². The predicted molar refractivity (Wildman–Crippen MR) is 83.5 cm³/mol. The second kappa shape index (κ2) is 8.89. The van der Waals surface area contributed by atoms with E-state index in [9.17, 15) is 14.0 Å². The Morgan fingerprint density at radius 3 is 2.78 bits per heavy atom. The summed E-state index contributed by atoms with van der Waals surface area (Å²) in [5, 5.41) is 16.1. The molecule has 2 amide bonds. The van der Waals surface area contributed by atoms with Crippen molar-refractivity contribution in [2.75, 3.05) is 18.8 Å². The van der Waals surface area contributed by atoms with E-state index in [1.807, 2.05) is 0 Å². The minimum Gasteiger partial charge on any atom is -0.355 e. The maximum Gasteiger partial charge on any atom is 0.254 e. The van der Waals surface area contributed by atoms with Gasteiger partial charge in [-0.05, 0) is 12.1 Å². The molecule has 1 heterocycles. The number of H-pyrrole nitrogens is 1. The Kier molecular flexibility index (Phi) is 6.55. The third-order valence-electron chi connectivity index (χ3n) is 2.82. The van der Waals surface area contributed by atoms with Gasteiger partial charge in [0.15, 0.2) is 0 Å². The van der Waals surface area contributed by atoms with Gasteiger partial charge in [0.1, 0.15) is 10.8 Å². The summed E-state index contributed by atoms with van der Waals surface area (Å²) in [4.78, 5) is 23.3. The van der Waals surface area contributed by atoms with E-state index >= 15 is 0 Å². The number of nitrogens with zero attached hydrogens (tertiary/aromatic N) is 2. The van der Waals surface area contributed by atoms with E-state index in [0.717, 1.165) is 5.03 Å². The lowest BCUT2D eigenvalue weighted by atomic mass is 10.2. The molecule has 0 aliphatic rings. The van der Waals surface area contributed by atoms with Crippen LogP contribution in [0.3, 0.4) is 0 Å². The normalized spacial score (nSPS) is 10.3. The molecule has 0 saturated heterocycles. The molecule has 0 aliphatic heterocycles. The van der Waals surface area contributed by atoms with Gasteiger partial charge < -0.3 is 10.6 Å². The number of amides is 2. The monoisotopic (exact) mass is 337 g/mol. The largest absolute Gasteiger partial charge is 0.355 e. The third kappa shape index (κ3) is 5.70. The lowest BCUT2D eigenvalue weighted by molar-refractivity contribution is -0.120. The zero-order valence-electron chi connectivity index (χ0n) is 12.2. The number of hydrogen-bond acceptors (Lipinski definition) is 5. The molecule has 0 bridgehead atoms. The van der Waals surface area contributed by atoms with Crippen LogP contribution >= 0.6 is 11.8 Å². The summed E-state index contributed by atoms with van der Waals surface area (Å²) in [6.45, 7) is 0.632. The number of benzene rings is 1. The van der Waals surface area contributed by atoms with E-state index in [4.69, 9.17) is 0 Å². The second-order valence-corrected chi connectivity index (χ2v) is 5.61. The average molecular weight is 337 g/mol. The van der Waals surface area contributed by atoms with Crippen molar-refractivity contribution in [1.82, 2.24) is 26.0 Å². The van der Waals surface area contributed by atoms with Crippen LogP contribution in [0.4, 0.5) is 4.39 Å². The topological polar surface area (TPSA) is 99.8 Å². The number of carbonyl (C=O) groups is 2. The van der Waals surface area contributed by atoms with E-state index in [1.165, 1.54) is 30.0 Å². The van der Waals surface area contributed by atoms with Gasteiger partial charge in [-0.15, -0.1) is 16.9 Å². The van der Waals surface area contributed by atoms with Gasteiger partial charge in [0.25, 0.3) is 5.91 Å². The van der Waals surface area contributed by atoms with Crippen molar-refractivity contribution in [1.29, 1.82) is 0 Å². The van der Waals surface area contributed by atoms with E-state index in [2.05, 4.69) is 26.0 Å². The van der Waals surface area contributed by atoms with Crippen LogP contribution in [0, 0.1) is 5.82 Å². The average Bonchev–Trinajstić information content (AvgIpc) is 3.05. The van der Waals surface area contributed by atoms with Gasteiger partial charge in [0, 0.05) is 25.3 Å². The Labute approximate surface area is 136 Å². The Balaban J connectivity index is 1.59. The van der Waals surface area contributed by atoms with Gasteiger partial charge in [-0.25, -0.2) is 4.39 Å². The Hall–Kier alpha value is -2.42. The van der Waals surface area contributed by atoms with Crippen molar-refractivity contribution in [3.63, 3.8) is 0 Å². The number of aromatic amines is 1. The zero-order chi connectivity index (χ0) is 16.5. The van der Waals surface area contributed by atoms with Gasteiger partial charge >= 0.3 is 0 Å². The Morgan fingerprint density at radius 1 is 1.22 bits per heavy atom. The third-order valence-corrected chi connectivity index (χ3v) is 3.72. The van der Waals surface area contributed by atoms with Crippen LogP contribution in [0.2, 0.25) is 0 Å². The number of carbonyl (C=O) groups excluding carboxylic acids is 2. The smallest absolute Gasteiger partial charge is 0.254 e. The SMILES string of the molecule is O=C(CCNC(=O)c1ccccc1F)NCCSc1cn[nH]n1. The summed E-state index contributed by atoms with van der Waals surface area (Å²) in [5.74, 6) is -0.628. The van der Waals surface area contributed by atoms with Crippen LogP contribution < -0.4 is 10.6 Å².